The summed E-state index contributed by atoms with van der Waals surface area (Å²) in [5.74, 6) is 0.556. The summed E-state index contributed by atoms with van der Waals surface area (Å²) in [5, 5.41) is 0. The van der Waals surface area contributed by atoms with Gasteiger partial charge in [0.1, 0.15) is 18.9 Å². The average molecular weight is 630 g/mol. The normalized spacial score (nSPS) is 19.8. The quantitative estimate of drug-likeness (QED) is 0.233. The van der Waals surface area contributed by atoms with E-state index in [2.05, 4.69) is 18.1 Å². The minimum Gasteiger partial charge on any atom is -0.497 e. The van der Waals surface area contributed by atoms with Gasteiger partial charge in [-0.2, -0.15) is 4.31 Å². The topological polar surface area (TPSA) is 98.3 Å². The molecule has 242 valence electrons. The highest BCUT2D eigenvalue weighted by Crippen LogP contribution is 2.37. The smallest absolute Gasteiger partial charge is 0.248 e. The molecule has 1 aromatic carbocycles. The molecule has 44 heavy (non-hydrogen) atoms. The minimum absolute atomic E-state index is 0.0297. The Morgan fingerprint density at radius 3 is 2.39 bits per heavy atom. The lowest BCUT2D eigenvalue weighted by Gasteiger charge is -2.42. The van der Waals surface area contributed by atoms with Crippen LogP contribution in [0.2, 0.25) is 0 Å². The number of amides is 1. The predicted molar refractivity (Wildman–Crippen MR) is 168 cm³/mol. The molecule has 2 saturated heterocycles. The molecule has 1 saturated carbocycles. The zero-order chi connectivity index (χ0) is 31.4. The number of hydrogen-bond acceptors (Lipinski definition) is 7. The number of benzene rings is 1. The van der Waals surface area contributed by atoms with E-state index in [9.17, 15) is 13.2 Å². The summed E-state index contributed by atoms with van der Waals surface area (Å²) in [5.41, 5.74) is 1.93. The molecule has 3 fully saturated rings. The number of methoxy groups -OCH3 is 1. The van der Waals surface area contributed by atoms with Crippen molar-refractivity contribution in [3.63, 3.8) is 0 Å². The van der Waals surface area contributed by atoms with E-state index in [1.165, 1.54) is 25.9 Å². The number of carbonyl (C=O) groups excluding carboxylic acids is 1. The van der Waals surface area contributed by atoms with Gasteiger partial charge in [-0.1, -0.05) is 6.07 Å². The van der Waals surface area contributed by atoms with Crippen LogP contribution in [0.25, 0.3) is 0 Å². The van der Waals surface area contributed by atoms with Crippen LogP contribution in [0, 0.1) is 13.8 Å². The summed E-state index contributed by atoms with van der Waals surface area (Å²) in [4.78, 5) is 19.7. The summed E-state index contributed by atoms with van der Waals surface area (Å²) in [6, 6.07) is 7.50. The molecule has 0 bridgehead atoms. The first-order valence-corrected chi connectivity index (χ1v) is 17.4. The number of likely N-dealkylation sites (N-methyl/N-ethyl adjacent to an activating group) is 1. The molecule has 1 aromatic heterocycles. The van der Waals surface area contributed by atoms with Gasteiger partial charge in [-0.05, 0) is 68.9 Å². The van der Waals surface area contributed by atoms with Crippen LogP contribution in [0.15, 0.2) is 41.6 Å². The molecule has 0 radical (unpaired) electrons. The Morgan fingerprint density at radius 1 is 1.11 bits per heavy atom. The summed E-state index contributed by atoms with van der Waals surface area (Å²) in [7, 11) is 0.168. The van der Waals surface area contributed by atoms with Crippen LogP contribution in [0.3, 0.4) is 0 Å². The molecule has 0 N–H and O–H groups in total. The van der Waals surface area contributed by atoms with Gasteiger partial charge in [0.2, 0.25) is 15.9 Å². The largest absolute Gasteiger partial charge is 0.497 e. The molecule has 1 aliphatic carbocycles. The fourth-order valence-electron chi connectivity index (χ4n) is 6.87. The van der Waals surface area contributed by atoms with Crippen LogP contribution in [0.1, 0.15) is 55.2 Å². The number of aryl methyl sites for hydroxylation is 2. The van der Waals surface area contributed by atoms with E-state index in [1.54, 1.807) is 43.6 Å². The monoisotopic (exact) mass is 629 g/mol. The second-order valence-electron chi connectivity index (χ2n) is 13.0. The zero-order valence-corrected chi connectivity index (χ0v) is 27.6. The first kappa shape index (κ1) is 32.8. The van der Waals surface area contributed by atoms with E-state index in [0.717, 1.165) is 29.4 Å². The third kappa shape index (κ3) is 7.45. The second kappa shape index (κ2) is 13.8. The van der Waals surface area contributed by atoms with Gasteiger partial charge < -0.3 is 23.6 Å². The molecule has 0 unspecified atom stereocenters. The Balaban J connectivity index is 1.14. The fraction of sp³-hybridized carbons (Fsp3) is 0.636. The van der Waals surface area contributed by atoms with Crippen molar-refractivity contribution in [1.29, 1.82) is 0 Å². The molecular weight excluding hydrogens is 580 g/mol. The van der Waals surface area contributed by atoms with E-state index in [4.69, 9.17) is 14.2 Å². The van der Waals surface area contributed by atoms with Gasteiger partial charge in [-0.15, -0.1) is 0 Å². The number of sulfonamides is 1. The Kier molecular flexibility index (Phi) is 10.3. The highest BCUT2D eigenvalue weighted by Gasteiger charge is 2.41. The molecule has 10 nitrogen and oxygen atoms in total. The van der Waals surface area contributed by atoms with Gasteiger partial charge in [0, 0.05) is 56.5 Å². The third-order valence-electron chi connectivity index (χ3n) is 9.64. The maximum absolute atomic E-state index is 13.7. The van der Waals surface area contributed by atoms with E-state index in [0.29, 0.717) is 54.3 Å². The minimum atomic E-state index is -3.72. The van der Waals surface area contributed by atoms with E-state index in [1.807, 2.05) is 17.2 Å². The van der Waals surface area contributed by atoms with Crippen molar-refractivity contribution in [2.75, 3.05) is 73.2 Å². The molecule has 3 heterocycles. The van der Waals surface area contributed by atoms with Crippen molar-refractivity contribution >= 4 is 15.9 Å². The van der Waals surface area contributed by atoms with Gasteiger partial charge in [0.05, 0.1) is 51.0 Å². The third-order valence-corrected chi connectivity index (χ3v) is 11.9. The lowest BCUT2D eigenvalue weighted by molar-refractivity contribution is -0.898. The van der Waals surface area contributed by atoms with Crippen molar-refractivity contribution in [3.8, 4) is 5.75 Å². The van der Waals surface area contributed by atoms with Gasteiger partial charge in [-0.25, -0.2) is 8.42 Å². The van der Waals surface area contributed by atoms with Crippen LogP contribution in [0.5, 0.6) is 5.75 Å². The lowest BCUT2D eigenvalue weighted by Crippen LogP contribution is -2.49. The maximum Gasteiger partial charge on any atom is 0.248 e. The number of likely N-dealkylation sites (tertiary alicyclic amines) is 2. The molecule has 2 aliphatic heterocycles. The van der Waals surface area contributed by atoms with Gasteiger partial charge in [0.25, 0.3) is 0 Å². The van der Waals surface area contributed by atoms with E-state index < -0.39 is 15.6 Å². The molecule has 0 spiro atoms. The molecule has 2 aromatic rings. The predicted octanol–water partition coefficient (Wildman–Crippen LogP) is 3.65. The number of quaternary nitrogens is 1. The van der Waals surface area contributed by atoms with Crippen molar-refractivity contribution in [3.05, 3.63) is 53.3 Å². The number of aromatic nitrogens is 1. The molecule has 0 atom stereocenters. The number of pyridine rings is 1. The average Bonchev–Trinajstić information content (AvgIpc) is 3.75. The number of carbonyl (C=O) groups is 1. The number of rotatable bonds is 14. The SMILES string of the molecule is COc1cc(C)c(S(=O)(=O)N(CCOCC(=O)N2CCC(OCC[N+]3(C)CCCC3)(c3cccnc3)CC2)C2CC2)c(C)c1. The first-order valence-electron chi connectivity index (χ1n) is 16.0. The highest BCUT2D eigenvalue weighted by atomic mass is 32.2. The molecular formula is C33H49N4O6S+. The summed E-state index contributed by atoms with van der Waals surface area (Å²) < 4.78 is 47.8. The van der Waals surface area contributed by atoms with E-state index >= 15 is 0 Å². The first-order chi connectivity index (χ1) is 21.1. The summed E-state index contributed by atoms with van der Waals surface area (Å²) in [6.45, 7) is 9.10. The van der Waals surface area contributed by atoms with Crippen molar-refractivity contribution < 1.29 is 31.9 Å². The Hall–Kier alpha value is -2.57. The van der Waals surface area contributed by atoms with Gasteiger partial charge >= 0.3 is 0 Å². The number of nitrogens with zero attached hydrogens (tertiary/aromatic N) is 4. The zero-order valence-electron chi connectivity index (χ0n) is 26.8. The Labute approximate surface area is 262 Å². The Morgan fingerprint density at radius 2 is 1.80 bits per heavy atom. The summed E-state index contributed by atoms with van der Waals surface area (Å²) in [6.07, 6.45) is 9.28. The summed E-state index contributed by atoms with van der Waals surface area (Å²) >= 11 is 0. The van der Waals surface area contributed by atoms with Crippen molar-refractivity contribution in [2.24, 2.45) is 0 Å². The number of hydrogen-bond donors (Lipinski definition) is 0. The van der Waals surface area contributed by atoms with Crippen LogP contribution >= 0.6 is 0 Å². The van der Waals surface area contributed by atoms with Gasteiger partial charge in [0.15, 0.2) is 0 Å². The standard InChI is InChI=1S/C33H49N4O6S/c1-26-22-30(41-4)23-27(2)32(26)44(39,40)36(29-9-10-29)16-20-42-25-31(38)35-14-11-33(12-15-35,28-8-7-13-34-24-28)43-21-19-37(3)17-5-6-18-37/h7-8,13,22-24,29H,5-6,9-12,14-21,25H2,1-4H3/q+1. The van der Waals surface area contributed by atoms with E-state index in [-0.39, 0.29) is 31.7 Å². The van der Waals surface area contributed by atoms with Crippen LogP contribution in [-0.2, 0) is 29.9 Å². The van der Waals surface area contributed by atoms with Gasteiger partial charge in [-0.3, -0.25) is 9.78 Å². The number of ether oxygens (including phenoxy) is 3. The van der Waals surface area contributed by atoms with Crippen LogP contribution in [0.4, 0.5) is 0 Å². The molecule has 5 rings (SSSR count). The fourth-order valence-corrected chi connectivity index (χ4v) is 8.95. The van der Waals surface area contributed by atoms with Crippen LogP contribution < -0.4 is 4.74 Å². The molecule has 11 heteroatoms. The Bertz CT molecular complexity index is 1360. The second-order valence-corrected chi connectivity index (χ2v) is 14.8. The molecule has 3 aliphatic rings. The molecule has 1 amide bonds. The van der Waals surface area contributed by atoms with Crippen molar-refractivity contribution in [2.45, 2.75) is 68.9 Å². The maximum atomic E-state index is 13.7. The van der Waals surface area contributed by atoms with Crippen LogP contribution in [-0.4, -0.2) is 112 Å². The number of piperidine rings is 1. The highest BCUT2D eigenvalue weighted by molar-refractivity contribution is 7.89. The van der Waals surface area contributed by atoms with Crippen molar-refractivity contribution in [1.82, 2.24) is 14.2 Å². The lowest BCUT2D eigenvalue weighted by atomic mass is 9.85.